The number of ether oxygens (including phenoxy) is 1. The van der Waals surface area contributed by atoms with E-state index in [1.165, 1.54) is 18.2 Å². The number of aromatic nitrogens is 2. The van der Waals surface area contributed by atoms with E-state index in [-0.39, 0.29) is 12.0 Å². The molecule has 1 unspecified atom stereocenters. The lowest BCUT2D eigenvalue weighted by molar-refractivity contribution is 0.0593. The largest absolute Gasteiger partial charge is 0.465 e. The minimum absolute atomic E-state index is 0.148. The molecule has 168 valence electrons. The first kappa shape index (κ1) is 21.4. The highest BCUT2D eigenvalue weighted by molar-refractivity contribution is 5.89. The maximum Gasteiger partial charge on any atom is 0.337 e. The maximum atomic E-state index is 11.8. The summed E-state index contributed by atoms with van der Waals surface area (Å²) >= 11 is 0. The third-order valence-electron chi connectivity index (χ3n) is 6.31. The SMILES string of the molecule is COC(=O)c1ccc(CN2CCN(Cc3ccccc3)CC2c2nc3ccccc3[nH]2)cc1. The van der Waals surface area contributed by atoms with Crippen LogP contribution in [-0.4, -0.2) is 52.5 Å². The van der Waals surface area contributed by atoms with Gasteiger partial charge >= 0.3 is 5.97 Å². The van der Waals surface area contributed by atoms with Crippen molar-refractivity contribution in [3.05, 3.63) is 101 Å². The maximum absolute atomic E-state index is 11.8. The van der Waals surface area contributed by atoms with Crippen LogP contribution in [0.25, 0.3) is 11.0 Å². The van der Waals surface area contributed by atoms with Crippen LogP contribution in [0, 0.1) is 0 Å². The molecular weight excluding hydrogens is 412 g/mol. The first-order valence-corrected chi connectivity index (χ1v) is 11.3. The standard InChI is InChI=1S/C27H28N4O2/c1-33-27(32)22-13-11-21(12-14-22)18-31-16-15-30(17-20-7-3-2-4-8-20)19-25(31)26-28-23-9-5-6-10-24(23)29-26/h2-14,25H,15-19H2,1H3,(H,28,29). The van der Waals surface area contributed by atoms with E-state index in [0.29, 0.717) is 5.56 Å². The zero-order valence-corrected chi connectivity index (χ0v) is 18.8. The number of imidazole rings is 1. The lowest BCUT2D eigenvalue weighted by Crippen LogP contribution is -2.47. The molecule has 3 aromatic carbocycles. The number of hydrogen-bond acceptors (Lipinski definition) is 5. The van der Waals surface area contributed by atoms with Crippen LogP contribution in [-0.2, 0) is 17.8 Å². The smallest absolute Gasteiger partial charge is 0.337 e. The van der Waals surface area contributed by atoms with Gasteiger partial charge in [0.15, 0.2) is 0 Å². The van der Waals surface area contributed by atoms with E-state index in [4.69, 9.17) is 9.72 Å². The Balaban J connectivity index is 1.38. The third kappa shape index (κ3) is 4.82. The number of para-hydroxylation sites is 2. The molecule has 1 fully saturated rings. The van der Waals surface area contributed by atoms with Gasteiger partial charge in [0.1, 0.15) is 5.82 Å². The molecule has 33 heavy (non-hydrogen) atoms. The number of H-pyrrole nitrogens is 1. The van der Waals surface area contributed by atoms with Gasteiger partial charge in [0.2, 0.25) is 0 Å². The molecular formula is C27H28N4O2. The highest BCUT2D eigenvalue weighted by Gasteiger charge is 2.30. The zero-order chi connectivity index (χ0) is 22.6. The number of esters is 1. The van der Waals surface area contributed by atoms with Crippen molar-refractivity contribution in [2.45, 2.75) is 19.1 Å². The summed E-state index contributed by atoms with van der Waals surface area (Å²) in [5.74, 6) is 0.691. The van der Waals surface area contributed by atoms with Crippen LogP contribution in [0.4, 0.5) is 0 Å². The average molecular weight is 441 g/mol. The number of nitrogens with one attached hydrogen (secondary N) is 1. The molecule has 0 saturated carbocycles. The van der Waals surface area contributed by atoms with E-state index in [9.17, 15) is 4.79 Å². The van der Waals surface area contributed by atoms with E-state index in [2.05, 4.69) is 57.2 Å². The number of benzene rings is 3. The number of carbonyl (C=O) groups excluding carboxylic acids is 1. The molecule has 1 atom stereocenters. The number of piperazine rings is 1. The van der Waals surface area contributed by atoms with Gasteiger partial charge in [0, 0.05) is 32.7 Å². The minimum Gasteiger partial charge on any atom is -0.465 e. The number of aromatic amines is 1. The van der Waals surface area contributed by atoms with E-state index >= 15 is 0 Å². The van der Waals surface area contributed by atoms with Gasteiger partial charge in [-0.25, -0.2) is 9.78 Å². The fraction of sp³-hybridized carbons (Fsp3) is 0.259. The normalized spacial score (nSPS) is 17.3. The Bertz CT molecular complexity index is 1190. The minimum atomic E-state index is -0.309. The van der Waals surface area contributed by atoms with Gasteiger partial charge in [-0.05, 0) is 35.4 Å². The number of fused-ring (bicyclic) bond motifs is 1. The van der Waals surface area contributed by atoms with Crippen LogP contribution in [0.2, 0.25) is 0 Å². The molecule has 6 heteroatoms. The summed E-state index contributed by atoms with van der Waals surface area (Å²) in [6, 6.07) is 26.7. The zero-order valence-electron chi connectivity index (χ0n) is 18.8. The summed E-state index contributed by atoms with van der Waals surface area (Å²) in [4.78, 5) is 25.2. The van der Waals surface area contributed by atoms with Crippen molar-refractivity contribution in [3.8, 4) is 0 Å². The van der Waals surface area contributed by atoms with Crippen molar-refractivity contribution >= 4 is 17.0 Å². The fourth-order valence-corrected chi connectivity index (χ4v) is 4.54. The molecule has 1 aliphatic rings. The fourth-order valence-electron chi connectivity index (χ4n) is 4.54. The van der Waals surface area contributed by atoms with Crippen LogP contribution in [0.5, 0.6) is 0 Å². The summed E-state index contributed by atoms with van der Waals surface area (Å²) in [5.41, 5.74) is 5.13. The molecule has 0 radical (unpaired) electrons. The van der Waals surface area contributed by atoms with Gasteiger partial charge in [-0.3, -0.25) is 9.80 Å². The van der Waals surface area contributed by atoms with E-state index in [1.807, 2.05) is 36.4 Å². The molecule has 1 aromatic heterocycles. The average Bonchev–Trinajstić information content (AvgIpc) is 3.30. The Morgan fingerprint density at radius 1 is 0.939 bits per heavy atom. The van der Waals surface area contributed by atoms with Crippen LogP contribution in [0.3, 0.4) is 0 Å². The lowest BCUT2D eigenvalue weighted by Gasteiger charge is -2.40. The van der Waals surface area contributed by atoms with Crippen molar-refractivity contribution in [3.63, 3.8) is 0 Å². The number of hydrogen-bond donors (Lipinski definition) is 1. The molecule has 0 aliphatic carbocycles. The Kier molecular flexibility index (Phi) is 6.19. The second kappa shape index (κ2) is 9.57. The lowest BCUT2D eigenvalue weighted by atomic mass is 10.1. The van der Waals surface area contributed by atoms with E-state index in [1.54, 1.807) is 0 Å². The highest BCUT2D eigenvalue weighted by Crippen LogP contribution is 2.28. The molecule has 2 heterocycles. The monoisotopic (exact) mass is 440 g/mol. The summed E-state index contributed by atoms with van der Waals surface area (Å²) in [6.45, 7) is 4.55. The Hall–Kier alpha value is -3.48. The van der Waals surface area contributed by atoms with Gasteiger partial charge in [0.25, 0.3) is 0 Å². The summed E-state index contributed by atoms with van der Waals surface area (Å²) in [6.07, 6.45) is 0. The number of nitrogens with zero attached hydrogens (tertiary/aromatic N) is 3. The molecule has 1 saturated heterocycles. The Morgan fingerprint density at radius 2 is 1.67 bits per heavy atom. The predicted molar refractivity (Wildman–Crippen MR) is 129 cm³/mol. The van der Waals surface area contributed by atoms with Gasteiger partial charge < -0.3 is 9.72 Å². The van der Waals surface area contributed by atoms with Crippen molar-refractivity contribution < 1.29 is 9.53 Å². The van der Waals surface area contributed by atoms with E-state index < -0.39 is 0 Å². The number of rotatable bonds is 6. The second-order valence-electron chi connectivity index (χ2n) is 8.53. The van der Waals surface area contributed by atoms with Gasteiger partial charge in [-0.15, -0.1) is 0 Å². The molecule has 5 rings (SSSR count). The second-order valence-corrected chi connectivity index (χ2v) is 8.53. The molecule has 0 spiro atoms. The van der Waals surface area contributed by atoms with Crippen LogP contribution >= 0.6 is 0 Å². The van der Waals surface area contributed by atoms with Crippen LogP contribution in [0.15, 0.2) is 78.9 Å². The van der Waals surface area contributed by atoms with E-state index in [0.717, 1.165) is 49.6 Å². The Labute approximate surface area is 193 Å². The van der Waals surface area contributed by atoms with Gasteiger partial charge in [-0.2, -0.15) is 0 Å². The molecule has 6 nitrogen and oxygen atoms in total. The molecule has 0 bridgehead atoms. The number of methoxy groups -OCH3 is 1. The van der Waals surface area contributed by atoms with Crippen LogP contribution in [0.1, 0.15) is 33.4 Å². The summed E-state index contributed by atoms with van der Waals surface area (Å²) in [5, 5.41) is 0. The summed E-state index contributed by atoms with van der Waals surface area (Å²) < 4.78 is 4.82. The Morgan fingerprint density at radius 3 is 2.42 bits per heavy atom. The van der Waals surface area contributed by atoms with Crippen molar-refractivity contribution in [2.24, 2.45) is 0 Å². The molecule has 1 aliphatic heterocycles. The number of carbonyl (C=O) groups is 1. The predicted octanol–water partition coefficient (Wildman–Crippen LogP) is 4.41. The first-order valence-electron chi connectivity index (χ1n) is 11.3. The molecule has 0 amide bonds. The quantitative estimate of drug-likeness (QED) is 0.450. The third-order valence-corrected chi connectivity index (χ3v) is 6.31. The topological polar surface area (TPSA) is 61.5 Å². The van der Waals surface area contributed by atoms with Crippen molar-refractivity contribution in [1.82, 2.24) is 19.8 Å². The van der Waals surface area contributed by atoms with Crippen molar-refractivity contribution in [2.75, 3.05) is 26.7 Å². The van der Waals surface area contributed by atoms with Gasteiger partial charge in [-0.1, -0.05) is 54.6 Å². The van der Waals surface area contributed by atoms with Crippen LogP contribution < -0.4 is 0 Å². The van der Waals surface area contributed by atoms with Crippen molar-refractivity contribution in [1.29, 1.82) is 0 Å². The first-order chi connectivity index (χ1) is 16.2. The van der Waals surface area contributed by atoms with Gasteiger partial charge in [0.05, 0.1) is 29.7 Å². The molecule has 4 aromatic rings. The summed E-state index contributed by atoms with van der Waals surface area (Å²) in [7, 11) is 1.41. The highest BCUT2D eigenvalue weighted by atomic mass is 16.5. The molecule has 1 N–H and O–H groups in total.